The molecule has 4 heteroatoms. The van der Waals surface area contributed by atoms with Gasteiger partial charge < -0.3 is 4.74 Å². The van der Waals surface area contributed by atoms with Gasteiger partial charge in [0.25, 0.3) is 0 Å². The van der Waals surface area contributed by atoms with Crippen LogP contribution in [0.2, 0.25) is 0 Å². The average Bonchev–Trinajstić information content (AvgIpc) is 2.38. The minimum atomic E-state index is -0.117. The Labute approximate surface area is 112 Å². The molecular formula is C13H18O2S2. The van der Waals surface area contributed by atoms with Gasteiger partial charge in [0.15, 0.2) is 0 Å². The first kappa shape index (κ1) is 14.5. The zero-order valence-electron chi connectivity index (χ0n) is 10.2. The van der Waals surface area contributed by atoms with Gasteiger partial charge in [0.2, 0.25) is 0 Å². The lowest BCUT2D eigenvalue weighted by Gasteiger charge is -2.08. The molecule has 0 amide bonds. The third kappa shape index (κ3) is 6.03. The molecule has 0 bridgehead atoms. The number of carbonyl (C=O) groups is 1. The topological polar surface area (TPSA) is 26.3 Å². The third-order valence-corrected chi connectivity index (χ3v) is 4.71. The van der Waals surface area contributed by atoms with Crippen LogP contribution in [-0.4, -0.2) is 30.3 Å². The van der Waals surface area contributed by atoms with Crippen LogP contribution in [-0.2, 0) is 9.53 Å². The summed E-state index contributed by atoms with van der Waals surface area (Å²) in [7, 11) is 1.44. The molecule has 0 aromatic heterocycles. The van der Waals surface area contributed by atoms with Gasteiger partial charge in [0.1, 0.15) is 0 Å². The smallest absolute Gasteiger partial charge is 0.309 e. The molecule has 17 heavy (non-hydrogen) atoms. The molecule has 1 aromatic rings. The minimum Gasteiger partial charge on any atom is -0.469 e. The van der Waals surface area contributed by atoms with Crippen molar-refractivity contribution in [2.45, 2.75) is 11.8 Å². The van der Waals surface area contributed by atoms with Crippen molar-refractivity contribution in [1.82, 2.24) is 0 Å². The van der Waals surface area contributed by atoms with E-state index in [1.54, 1.807) is 11.8 Å². The predicted molar refractivity (Wildman–Crippen MR) is 75.7 cm³/mol. The van der Waals surface area contributed by atoms with Crippen LogP contribution in [0.4, 0.5) is 0 Å². The number of ether oxygens (including phenoxy) is 1. The number of hydrogen-bond donors (Lipinski definition) is 0. The lowest BCUT2D eigenvalue weighted by Crippen LogP contribution is -2.15. The highest BCUT2D eigenvalue weighted by Gasteiger charge is 2.12. The van der Waals surface area contributed by atoms with E-state index in [1.807, 2.05) is 24.8 Å². The Hall–Kier alpha value is -0.610. The van der Waals surface area contributed by atoms with Gasteiger partial charge >= 0.3 is 5.97 Å². The van der Waals surface area contributed by atoms with E-state index < -0.39 is 0 Å². The van der Waals surface area contributed by atoms with E-state index in [4.69, 9.17) is 0 Å². The molecule has 0 saturated heterocycles. The largest absolute Gasteiger partial charge is 0.469 e. The number of carbonyl (C=O) groups excluding carboxylic acids is 1. The quantitative estimate of drug-likeness (QED) is 0.431. The standard InChI is InChI=1S/C13H18O2S2/c1-11(13(14)15-2)10-16-8-9-17-12-6-4-3-5-7-12/h3-7,11H,8-10H2,1-2H3. The number of methoxy groups -OCH3 is 1. The molecule has 0 N–H and O–H groups in total. The Morgan fingerprint density at radius 1 is 1.29 bits per heavy atom. The van der Waals surface area contributed by atoms with Crippen LogP contribution in [0.15, 0.2) is 35.2 Å². The zero-order chi connectivity index (χ0) is 12.5. The summed E-state index contributed by atoms with van der Waals surface area (Å²) in [5.74, 6) is 2.84. The van der Waals surface area contributed by atoms with Crippen molar-refractivity contribution in [2.75, 3.05) is 24.4 Å². The molecule has 1 aromatic carbocycles. The van der Waals surface area contributed by atoms with E-state index in [0.717, 1.165) is 17.3 Å². The van der Waals surface area contributed by atoms with Crippen LogP contribution in [0.25, 0.3) is 0 Å². The van der Waals surface area contributed by atoms with Crippen LogP contribution in [0.3, 0.4) is 0 Å². The Morgan fingerprint density at radius 2 is 2.00 bits per heavy atom. The van der Waals surface area contributed by atoms with Crippen LogP contribution >= 0.6 is 23.5 Å². The highest BCUT2D eigenvalue weighted by molar-refractivity contribution is 8.03. The summed E-state index contributed by atoms with van der Waals surface area (Å²) < 4.78 is 4.68. The maximum atomic E-state index is 11.2. The van der Waals surface area contributed by atoms with E-state index in [0.29, 0.717) is 0 Å². The molecular weight excluding hydrogens is 252 g/mol. The average molecular weight is 270 g/mol. The number of hydrogen-bond acceptors (Lipinski definition) is 4. The molecule has 0 heterocycles. The Bertz CT molecular complexity index is 327. The SMILES string of the molecule is COC(=O)C(C)CSCCSc1ccccc1. The first-order chi connectivity index (χ1) is 8.24. The number of esters is 1. The summed E-state index contributed by atoms with van der Waals surface area (Å²) in [6.45, 7) is 1.91. The first-order valence-corrected chi connectivity index (χ1v) is 7.71. The summed E-state index contributed by atoms with van der Waals surface area (Å²) in [6, 6.07) is 10.4. The highest BCUT2D eigenvalue weighted by Crippen LogP contribution is 2.19. The van der Waals surface area contributed by atoms with E-state index in [-0.39, 0.29) is 11.9 Å². The summed E-state index contributed by atoms with van der Waals surface area (Å²) in [6.07, 6.45) is 0. The summed E-state index contributed by atoms with van der Waals surface area (Å²) >= 11 is 3.65. The van der Waals surface area contributed by atoms with E-state index in [9.17, 15) is 4.79 Å². The predicted octanol–water partition coefficient (Wildman–Crippen LogP) is 3.32. The van der Waals surface area contributed by atoms with Gasteiger partial charge in [0.05, 0.1) is 13.0 Å². The normalized spacial score (nSPS) is 12.1. The maximum Gasteiger partial charge on any atom is 0.309 e. The van der Waals surface area contributed by atoms with Crippen molar-refractivity contribution in [3.05, 3.63) is 30.3 Å². The monoisotopic (exact) mass is 270 g/mol. The van der Waals surface area contributed by atoms with Crippen LogP contribution in [0.5, 0.6) is 0 Å². The summed E-state index contributed by atoms with van der Waals surface area (Å²) in [5, 5.41) is 0. The molecule has 0 aliphatic heterocycles. The van der Waals surface area contributed by atoms with E-state index in [2.05, 4.69) is 29.0 Å². The van der Waals surface area contributed by atoms with Crippen molar-refractivity contribution >= 4 is 29.5 Å². The Kier molecular flexibility index (Phi) is 7.21. The molecule has 0 fully saturated rings. The fraction of sp³-hybridized carbons (Fsp3) is 0.462. The molecule has 0 aliphatic rings. The third-order valence-electron chi connectivity index (χ3n) is 2.21. The molecule has 94 valence electrons. The Balaban J connectivity index is 2.07. The highest BCUT2D eigenvalue weighted by atomic mass is 32.2. The summed E-state index contributed by atoms with van der Waals surface area (Å²) in [4.78, 5) is 12.5. The second kappa shape index (κ2) is 8.48. The minimum absolute atomic E-state index is 0.00766. The number of benzene rings is 1. The maximum absolute atomic E-state index is 11.2. The van der Waals surface area contributed by atoms with Gasteiger partial charge in [-0.3, -0.25) is 4.79 Å². The van der Waals surface area contributed by atoms with Gasteiger partial charge in [-0.25, -0.2) is 0 Å². The zero-order valence-corrected chi connectivity index (χ0v) is 11.9. The molecule has 1 rings (SSSR count). The van der Waals surface area contributed by atoms with Crippen molar-refractivity contribution in [1.29, 1.82) is 0 Å². The second-order valence-corrected chi connectivity index (χ2v) is 5.98. The van der Waals surface area contributed by atoms with Gasteiger partial charge in [-0.2, -0.15) is 11.8 Å². The molecule has 0 aliphatic carbocycles. The van der Waals surface area contributed by atoms with Crippen LogP contribution in [0.1, 0.15) is 6.92 Å². The van der Waals surface area contributed by atoms with Gasteiger partial charge in [0, 0.05) is 22.2 Å². The van der Waals surface area contributed by atoms with Crippen molar-refractivity contribution in [3.63, 3.8) is 0 Å². The molecule has 2 nitrogen and oxygen atoms in total. The Morgan fingerprint density at radius 3 is 2.65 bits per heavy atom. The molecule has 1 unspecified atom stereocenters. The van der Waals surface area contributed by atoms with Crippen molar-refractivity contribution < 1.29 is 9.53 Å². The van der Waals surface area contributed by atoms with Crippen LogP contribution in [0, 0.1) is 5.92 Å². The molecule has 0 saturated carbocycles. The number of thioether (sulfide) groups is 2. The van der Waals surface area contributed by atoms with Gasteiger partial charge in [-0.1, -0.05) is 25.1 Å². The van der Waals surface area contributed by atoms with E-state index >= 15 is 0 Å². The lowest BCUT2D eigenvalue weighted by molar-refractivity contribution is -0.143. The first-order valence-electron chi connectivity index (χ1n) is 5.57. The van der Waals surface area contributed by atoms with Crippen molar-refractivity contribution in [2.24, 2.45) is 5.92 Å². The molecule has 1 atom stereocenters. The number of rotatable bonds is 7. The fourth-order valence-electron chi connectivity index (χ4n) is 1.26. The fourth-order valence-corrected chi connectivity index (χ4v) is 3.31. The van der Waals surface area contributed by atoms with Gasteiger partial charge in [-0.05, 0) is 12.1 Å². The van der Waals surface area contributed by atoms with Crippen molar-refractivity contribution in [3.8, 4) is 0 Å². The molecule has 0 spiro atoms. The lowest BCUT2D eigenvalue weighted by atomic mass is 10.2. The van der Waals surface area contributed by atoms with E-state index in [1.165, 1.54) is 12.0 Å². The van der Waals surface area contributed by atoms with Crippen LogP contribution < -0.4 is 0 Å². The second-order valence-electron chi connectivity index (χ2n) is 3.66. The van der Waals surface area contributed by atoms with Gasteiger partial charge in [-0.15, -0.1) is 11.8 Å². The summed E-state index contributed by atoms with van der Waals surface area (Å²) in [5.41, 5.74) is 0. The molecule has 0 radical (unpaired) electrons.